The Balaban J connectivity index is 1.17. The van der Waals surface area contributed by atoms with Gasteiger partial charge in [-0.2, -0.15) is 0 Å². The Hall–Kier alpha value is -7.26. The third-order valence-electron chi connectivity index (χ3n) is 9.40. The van der Waals surface area contributed by atoms with Crippen molar-refractivity contribution in [2.24, 2.45) is 0 Å². The second-order valence-corrected chi connectivity index (χ2v) is 12.3. The fraction of sp³-hybridized carbons (Fsp3) is 0. The number of hydrogen-bond acceptors (Lipinski definition) is 6. The minimum absolute atomic E-state index is 0.819. The topological polar surface area (TPSA) is 92.1 Å². The van der Waals surface area contributed by atoms with E-state index >= 15 is 0 Å². The molecule has 0 N–H and O–H groups in total. The van der Waals surface area contributed by atoms with Crippen molar-refractivity contribution in [2.45, 2.75) is 0 Å². The van der Waals surface area contributed by atoms with Crippen LogP contribution < -0.4 is 0 Å². The summed E-state index contributed by atoms with van der Waals surface area (Å²) in [7, 11) is 0. The summed E-state index contributed by atoms with van der Waals surface area (Å²) >= 11 is 0. The van der Waals surface area contributed by atoms with Crippen molar-refractivity contribution >= 4 is 33.1 Å². The molecule has 10 aromatic rings. The number of pyridine rings is 3. The van der Waals surface area contributed by atoms with Crippen molar-refractivity contribution in [2.75, 3.05) is 0 Å². The molecule has 6 heterocycles. The molecule has 0 aliphatic carbocycles. The van der Waals surface area contributed by atoms with Crippen LogP contribution in [0.3, 0.4) is 0 Å². The highest BCUT2D eigenvalue weighted by Crippen LogP contribution is 2.37. The van der Waals surface area contributed by atoms with Gasteiger partial charge in [-0.1, -0.05) is 54.6 Å². The molecule has 0 atom stereocenters. The normalized spacial score (nSPS) is 11.5. The summed E-state index contributed by atoms with van der Waals surface area (Å²) in [5.74, 6) is 0. The van der Waals surface area contributed by atoms with Gasteiger partial charge in [-0.15, -0.1) is 0 Å². The monoisotopic (exact) mass is 657 g/mol. The summed E-state index contributed by atoms with van der Waals surface area (Å²) in [6, 6.07) is 37.4. The zero-order valence-electron chi connectivity index (χ0n) is 27.1. The van der Waals surface area contributed by atoms with Gasteiger partial charge in [0.1, 0.15) is 52.1 Å². The Morgan fingerprint density at radius 1 is 0.314 bits per heavy atom. The van der Waals surface area contributed by atoms with Crippen LogP contribution in [0.15, 0.2) is 165 Å². The first-order valence-electron chi connectivity index (χ1n) is 16.6. The summed E-state index contributed by atoms with van der Waals surface area (Å²) in [5.41, 5.74) is 14.6. The molecule has 4 aromatic carbocycles. The van der Waals surface area contributed by atoms with Crippen LogP contribution in [0, 0.1) is 0 Å². The molecule has 0 bridgehead atoms. The van der Waals surface area contributed by atoms with E-state index in [-0.39, 0.29) is 0 Å². The summed E-state index contributed by atoms with van der Waals surface area (Å²) < 4.78 is 6.36. The van der Waals surface area contributed by atoms with E-state index in [1.807, 2.05) is 55.8 Å². The molecule has 0 unspecified atom stereocenters. The van der Waals surface area contributed by atoms with Crippen LogP contribution in [0.25, 0.3) is 83.5 Å². The maximum atomic E-state index is 5.03. The Morgan fingerprint density at radius 2 is 0.608 bits per heavy atom. The van der Waals surface area contributed by atoms with E-state index in [0.29, 0.717) is 0 Å². The van der Waals surface area contributed by atoms with E-state index in [1.165, 1.54) is 0 Å². The van der Waals surface area contributed by atoms with Gasteiger partial charge in [0.2, 0.25) is 0 Å². The maximum absolute atomic E-state index is 5.03. The van der Waals surface area contributed by atoms with Gasteiger partial charge < -0.3 is 0 Å². The number of hydrogen-bond donors (Lipinski definition) is 0. The summed E-state index contributed by atoms with van der Waals surface area (Å²) in [5, 5.41) is 0. The molecule has 0 radical (unpaired) electrons. The minimum Gasteiger partial charge on any atom is -0.297 e. The lowest BCUT2D eigenvalue weighted by Gasteiger charge is -2.11. The number of fused-ring (bicyclic) bond motifs is 6. The first-order valence-corrected chi connectivity index (χ1v) is 16.6. The van der Waals surface area contributed by atoms with Crippen molar-refractivity contribution in [3.05, 3.63) is 165 Å². The molecule has 9 heteroatoms. The molecule has 51 heavy (non-hydrogen) atoms. The van der Waals surface area contributed by atoms with Crippen LogP contribution in [-0.4, -0.2) is 43.6 Å². The molecule has 240 valence electrons. The zero-order chi connectivity index (χ0) is 33.7. The average molecular weight is 658 g/mol. The Bertz CT molecular complexity index is 2460. The fourth-order valence-electron chi connectivity index (χ4n) is 6.88. The molecule has 0 amide bonds. The highest BCUT2D eigenvalue weighted by Gasteiger charge is 2.23. The summed E-state index contributed by atoms with van der Waals surface area (Å²) in [6.07, 6.45) is 16.6. The molecule has 0 saturated heterocycles. The van der Waals surface area contributed by atoms with Crippen molar-refractivity contribution in [3.63, 3.8) is 0 Å². The quantitative estimate of drug-likeness (QED) is 0.177. The van der Waals surface area contributed by atoms with Gasteiger partial charge in [0, 0.05) is 54.2 Å². The molecule has 0 saturated carbocycles. The molecule has 0 aliphatic heterocycles. The van der Waals surface area contributed by atoms with Gasteiger partial charge in [-0.25, -0.2) is 15.0 Å². The smallest absolute Gasteiger partial charge is 0.117 e. The van der Waals surface area contributed by atoms with Gasteiger partial charge in [-0.3, -0.25) is 28.7 Å². The lowest BCUT2D eigenvalue weighted by molar-refractivity contribution is 1.09. The molecule has 0 spiro atoms. The van der Waals surface area contributed by atoms with Gasteiger partial charge >= 0.3 is 0 Å². The highest BCUT2D eigenvalue weighted by molar-refractivity contribution is 6.20. The van der Waals surface area contributed by atoms with E-state index in [1.54, 1.807) is 18.6 Å². The van der Waals surface area contributed by atoms with Gasteiger partial charge in [0.05, 0.1) is 0 Å². The molecule has 0 aliphatic rings. The number of nitrogens with zero attached hydrogens (tertiary/aromatic N) is 9. The first-order chi connectivity index (χ1) is 25.3. The fourth-order valence-corrected chi connectivity index (χ4v) is 6.88. The van der Waals surface area contributed by atoms with E-state index in [9.17, 15) is 0 Å². The first kappa shape index (κ1) is 28.7. The van der Waals surface area contributed by atoms with Crippen LogP contribution in [-0.2, 0) is 0 Å². The summed E-state index contributed by atoms with van der Waals surface area (Å²) in [6.45, 7) is 0. The largest absolute Gasteiger partial charge is 0.297 e. The van der Waals surface area contributed by atoms with Crippen LogP contribution in [0.1, 0.15) is 0 Å². The molecular weight excluding hydrogens is 631 g/mol. The Morgan fingerprint density at radius 3 is 0.863 bits per heavy atom. The van der Waals surface area contributed by atoms with Crippen LogP contribution in [0.2, 0.25) is 0 Å². The van der Waals surface area contributed by atoms with Crippen molar-refractivity contribution in [1.82, 2.24) is 43.6 Å². The van der Waals surface area contributed by atoms with Crippen LogP contribution >= 0.6 is 0 Å². The van der Waals surface area contributed by atoms with E-state index in [0.717, 1.165) is 83.5 Å². The van der Waals surface area contributed by atoms with E-state index in [2.05, 4.69) is 120 Å². The van der Waals surface area contributed by atoms with Gasteiger partial charge in [-0.05, 0) is 88.0 Å². The van der Waals surface area contributed by atoms with Crippen molar-refractivity contribution in [3.8, 4) is 50.4 Å². The second kappa shape index (κ2) is 11.7. The van der Waals surface area contributed by atoms with Gasteiger partial charge in [0.15, 0.2) is 0 Å². The number of aromatic nitrogens is 9. The predicted octanol–water partition coefficient (Wildman–Crippen LogP) is 8.89. The average Bonchev–Trinajstić information content (AvgIpc) is 3.97. The predicted molar refractivity (Wildman–Crippen MR) is 200 cm³/mol. The number of imidazole rings is 3. The minimum atomic E-state index is 0.819. The third kappa shape index (κ3) is 4.79. The molecule has 6 aromatic heterocycles. The van der Waals surface area contributed by atoms with E-state index in [4.69, 9.17) is 15.0 Å². The molecule has 9 nitrogen and oxygen atoms in total. The molecular formula is C42H27N9. The Kier molecular flexibility index (Phi) is 6.60. The zero-order valence-corrected chi connectivity index (χ0v) is 27.1. The van der Waals surface area contributed by atoms with E-state index < -0.39 is 0 Å². The highest BCUT2D eigenvalue weighted by atomic mass is 15.1. The number of rotatable bonds is 6. The van der Waals surface area contributed by atoms with Crippen molar-refractivity contribution in [1.29, 1.82) is 0 Å². The van der Waals surface area contributed by atoms with Crippen LogP contribution in [0.4, 0.5) is 0 Å². The second-order valence-electron chi connectivity index (χ2n) is 12.3. The third-order valence-corrected chi connectivity index (χ3v) is 9.40. The van der Waals surface area contributed by atoms with Gasteiger partial charge in [0.25, 0.3) is 0 Å². The van der Waals surface area contributed by atoms with Crippen molar-refractivity contribution < 1.29 is 0 Å². The lowest BCUT2D eigenvalue weighted by Crippen LogP contribution is -1.97. The standard InChI is InChI=1S/C42H27N9/c1-4-31(22-43-19-1)28-7-13-34(14-8-28)49-25-46-37-40(49)38-42(50(26-47-38)35-15-9-29(10-16-35)32-5-2-20-44-23-32)39-41(37)51(27-48-39)36-17-11-30(12-18-36)33-6-3-21-45-24-33/h1-27H. The molecule has 10 rings (SSSR count). The SMILES string of the molecule is c1cncc(-c2ccc(-n3cnc4c3c3ncn(-c5ccc(-c6cccnc6)cc5)c3c3ncn(-c5ccc(-c6cccnc6)cc5)c43)cc2)c1. The molecule has 0 fully saturated rings. The van der Waals surface area contributed by atoms with Crippen LogP contribution in [0.5, 0.6) is 0 Å². The number of benzene rings is 4. The maximum Gasteiger partial charge on any atom is 0.117 e. The lowest BCUT2D eigenvalue weighted by atomic mass is 10.1. The summed E-state index contributed by atoms with van der Waals surface area (Å²) in [4.78, 5) is 28.0. The Labute approximate surface area is 291 Å².